The van der Waals surface area contributed by atoms with Gasteiger partial charge >= 0.3 is 11.9 Å². The van der Waals surface area contributed by atoms with Crippen molar-refractivity contribution in [3.05, 3.63) is 29.8 Å². The maximum atomic E-state index is 13.3. The highest BCUT2D eigenvalue weighted by molar-refractivity contribution is 6.14. The van der Waals surface area contributed by atoms with Crippen molar-refractivity contribution in [3.63, 3.8) is 0 Å². The first-order valence-electron chi connectivity index (χ1n) is 10.0. The van der Waals surface area contributed by atoms with Gasteiger partial charge in [-0.3, -0.25) is 14.9 Å². The average Bonchev–Trinajstić information content (AvgIpc) is 3.17. The van der Waals surface area contributed by atoms with Crippen molar-refractivity contribution >= 4 is 29.3 Å². The summed E-state index contributed by atoms with van der Waals surface area (Å²) in [4.78, 5) is 52.7. The van der Waals surface area contributed by atoms with Gasteiger partial charge in [0.1, 0.15) is 11.3 Å². The molecular weight excluding hydrogens is 376 g/mol. The molecule has 4 rings (SSSR count). The summed E-state index contributed by atoms with van der Waals surface area (Å²) in [5.74, 6) is -3.81. The average molecular weight is 400 g/mol. The Hall–Kier alpha value is -2.74. The van der Waals surface area contributed by atoms with Gasteiger partial charge in [-0.2, -0.15) is 0 Å². The third-order valence-electron chi connectivity index (χ3n) is 6.26. The summed E-state index contributed by atoms with van der Waals surface area (Å²) in [5, 5.41) is 5.85. The molecule has 1 aromatic carbocycles. The number of hydrogen-bond donors (Lipinski definition) is 2. The van der Waals surface area contributed by atoms with Crippen LogP contribution in [0.3, 0.4) is 0 Å². The van der Waals surface area contributed by atoms with Crippen LogP contribution in [0.1, 0.15) is 38.7 Å². The molecule has 3 atom stereocenters. The van der Waals surface area contributed by atoms with Crippen LogP contribution in [0, 0.1) is 11.8 Å². The minimum atomic E-state index is -1.92. The molecule has 8 nitrogen and oxygen atoms in total. The molecule has 154 valence electrons. The summed E-state index contributed by atoms with van der Waals surface area (Å²) in [6, 6.07) is 7.02. The van der Waals surface area contributed by atoms with E-state index in [0.717, 1.165) is 0 Å². The molecule has 2 heterocycles. The highest BCUT2D eigenvalue weighted by atomic mass is 16.6. The lowest BCUT2D eigenvalue weighted by Gasteiger charge is -2.34. The van der Waals surface area contributed by atoms with Gasteiger partial charge in [-0.25, -0.2) is 9.59 Å². The number of ketones is 1. The zero-order valence-electron chi connectivity index (χ0n) is 16.4. The molecule has 1 aromatic rings. The number of esters is 2. The lowest BCUT2D eigenvalue weighted by Crippen LogP contribution is -2.63. The largest absolute Gasteiger partial charge is 0.464 e. The van der Waals surface area contributed by atoms with E-state index in [9.17, 15) is 19.2 Å². The second-order valence-electron chi connectivity index (χ2n) is 7.62. The molecule has 0 unspecified atom stereocenters. The molecule has 1 saturated heterocycles. The van der Waals surface area contributed by atoms with E-state index in [2.05, 4.69) is 10.6 Å². The van der Waals surface area contributed by atoms with E-state index in [1.165, 1.54) is 0 Å². The normalized spacial score (nSPS) is 29.2. The first kappa shape index (κ1) is 19.6. The Balaban J connectivity index is 1.96. The predicted molar refractivity (Wildman–Crippen MR) is 102 cm³/mol. The van der Waals surface area contributed by atoms with Crippen LogP contribution in [0.25, 0.3) is 0 Å². The zero-order valence-corrected chi connectivity index (χ0v) is 16.4. The van der Waals surface area contributed by atoms with Crippen molar-refractivity contribution < 1.29 is 28.7 Å². The molecule has 0 radical (unpaired) electrons. The monoisotopic (exact) mass is 400 g/mol. The van der Waals surface area contributed by atoms with Crippen molar-refractivity contribution in [2.45, 2.75) is 44.2 Å². The maximum Gasteiger partial charge on any atom is 0.338 e. The fourth-order valence-corrected chi connectivity index (χ4v) is 5.22. The number of benzene rings is 1. The molecule has 1 aliphatic carbocycles. The molecule has 2 fully saturated rings. The Morgan fingerprint density at radius 2 is 1.76 bits per heavy atom. The number of fused-ring (bicyclic) bond motifs is 4. The smallest absolute Gasteiger partial charge is 0.338 e. The molecule has 1 spiro atoms. The van der Waals surface area contributed by atoms with Crippen molar-refractivity contribution in [1.29, 1.82) is 0 Å². The highest BCUT2D eigenvalue weighted by Crippen LogP contribution is 2.56. The van der Waals surface area contributed by atoms with Crippen molar-refractivity contribution in [1.82, 2.24) is 5.32 Å². The summed E-state index contributed by atoms with van der Waals surface area (Å²) in [6.07, 6.45) is 1.25. The fraction of sp³-hybridized carbons (Fsp3) is 0.524. The lowest BCUT2D eigenvalue weighted by atomic mass is 9.65. The van der Waals surface area contributed by atoms with Crippen LogP contribution in [0.15, 0.2) is 24.3 Å². The molecule has 1 saturated carbocycles. The van der Waals surface area contributed by atoms with Crippen LogP contribution in [0.4, 0.5) is 5.69 Å². The number of carbonyl (C=O) groups is 4. The first-order valence-corrected chi connectivity index (χ1v) is 10.0. The Morgan fingerprint density at radius 1 is 1.10 bits per heavy atom. The van der Waals surface area contributed by atoms with Gasteiger partial charge in [-0.05, 0) is 32.8 Å². The molecular formula is C21H24N2O6. The molecule has 0 aromatic heterocycles. The van der Waals surface area contributed by atoms with E-state index in [-0.39, 0.29) is 19.0 Å². The number of amides is 1. The minimum Gasteiger partial charge on any atom is -0.464 e. The Kier molecular flexibility index (Phi) is 4.69. The summed E-state index contributed by atoms with van der Waals surface area (Å²) in [7, 11) is 0. The quantitative estimate of drug-likeness (QED) is 0.579. The van der Waals surface area contributed by atoms with E-state index in [4.69, 9.17) is 9.47 Å². The number of nitrogens with one attached hydrogen (secondary N) is 2. The number of Topliss-reactive ketones (excluding diaryl/α,β-unsaturated/α-hetero) is 1. The third kappa shape index (κ3) is 2.48. The second kappa shape index (κ2) is 6.95. The van der Waals surface area contributed by atoms with Crippen molar-refractivity contribution in [2.75, 3.05) is 18.5 Å². The lowest BCUT2D eigenvalue weighted by molar-refractivity contribution is -0.169. The van der Waals surface area contributed by atoms with Crippen molar-refractivity contribution in [2.24, 2.45) is 11.8 Å². The minimum absolute atomic E-state index is 0.0583. The van der Waals surface area contributed by atoms with E-state index < -0.39 is 40.8 Å². The first-order chi connectivity index (χ1) is 13.9. The maximum absolute atomic E-state index is 13.3. The zero-order chi connectivity index (χ0) is 20.8. The summed E-state index contributed by atoms with van der Waals surface area (Å²) in [6.45, 7) is 3.40. The van der Waals surface area contributed by atoms with Crippen LogP contribution in [-0.4, -0.2) is 42.4 Å². The molecule has 1 amide bonds. The molecule has 8 heteroatoms. The number of ether oxygens (including phenoxy) is 2. The van der Waals surface area contributed by atoms with Gasteiger partial charge in [0, 0.05) is 23.6 Å². The molecule has 0 bridgehead atoms. The predicted octanol–water partition coefficient (Wildman–Crippen LogP) is 1.29. The van der Waals surface area contributed by atoms with Gasteiger partial charge in [0.25, 0.3) is 0 Å². The van der Waals surface area contributed by atoms with E-state index in [0.29, 0.717) is 30.5 Å². The van der Waals surface area contributed by atoms with Gasteiger partial charge < -0.3 is 14.8 Å². The molecule has 2 N–H and O–H groups in total. The van der Waals surface area contributed by atoms with Crippen molar-refractivity contribution in [3.8, 4) is 0 Å². The van der Waals surface area contributed by atoms with Crippen LogP contribution < -0.4 is 10.6 Å². The SMILES string of the molecule is CCOC(=O)C1(C(=O)OCC)N[C@]2(C(=O)Nc3ccccc32)[C@H]2C(=O)CCC[C@H]21. The molecule has 2 aliphatic heterocycles. The fourth-order valence-electron chi connectivity index (χ4n) is 5.22. The van der Waals surface area contributed by atoms with Crippen LogP contribution in [-0.2, 0) is 34.2 Å². The Bertz CT molecular complexity index is 879. The molecule has 3 aliphatic rings. The number of carbonyl (C=O) groups excluding carboxylic acids is 4. The topological polar surface area (TPSA) is 111 Å². The summed E-state index contributed by atoms with van der Waals surface area (Å²) >= 11 is 0. The van der Waals surface area contributed by atoms with E-state index in [1.807, 2.05) is 0 Å². The highest BCUT2D eigenvalue weighted by Gasteiger charge is 2.75. The standard InChI is InChI=1S/C21H24N2O6/c1-3-28-18(26)21(19(27)29-4-2)13-9-7-11-15(24)16(13)20(23-21)12-8-5-6-10-14(12)22-17(20)25/h5-6,8,10,13,16,23H,3-4,7,9,11H2,1-2H3,(H,22,25)/t13-,16-,20+/m1/s1. The Labute approximate surface area is 168 Å². The van der Waals surface area contributed by atoms with Gasteiger partial charge in [-0.15, -0.1) is 0 Å². The second-order valence-corrected chi connectivity index (χ2v) is 7.62. The third-order valence-corrected chi connectivity index (χ3v) is 6.26. The van der Waals surface area contributed by atoms with Gasteiger partial charge in [0.15, 0.2) is 0 Å². The van der Waals surface area contributed by atoms with E-state index >= 15 is 0 Å². The van der Waals surface area contributed by atoms with Gasteiger partial charge in [0.2, 0.25) is 11.4 Å². The van der Waals surface area contributed by atoms with Gasteiger partial charge in [-0.1, -0.05) is 18.2 Å². The van der Waals surface area contributed by atoms with Crippen LogP contribution >= 0.6 is 0 Å². The van der Waals surface area contributed by atoms with E-state index in [1.54, 1.807) is 38.1 Å². The summed E-state index contributed by atoms with van der Waals surface area (Å²) < 4.78 is 10.5. The van der Waals surface area contributed by atoms with Crippen LogP contribution in [0.5, 0.6) is 0 Å². The number of rotatable bonds is 4. The number of hydrogen-bond acceptors (Lipinski definition) is 7. The molecule has 29 heavy (non-hydrogen) atoms. The number of anilines is 1. The summed E-state index contributed by atoms with van der Waals surface area (Å²) in [5.41, 5.74) is -2.31. The number of para-hydroxylation sites is 1. The van der Waals surface area contributed by atoms with Crippen LogP contribution in [0.2, 0.25) is 0 Å². The Morgan fingerprint density at radius 3 is 2.41 bits per heavy atom. The van der Waals surface area contributed by atoms with Gasteiger partial charge in [0.05, 0.1) is 19.1 Å².